The van der Waals surface area contributed by atoms with Crippen LogP contribution in [0, 0.1) is 11.3 Å². The maximum atomic E-state index is 11.3. The molecule has 26 heavy (non-hydrogen) atoms. The van der Waals surface area contributed by atoms with Crippen molar-refractivity contribution in [2.45, 2.75) is 13.3 Å². The summed E-state index contributed by atoms with van der Waals surface area (Å²) >= 11 is 0. The van der Waals surface area contributed by atoms with E-state index in [9.17, 15) is 9.47 Å². The van der Waals surface area contributed by atoms with Gasteiger partial charge in [-0.05, 0) is 55.3 Å². The maximum absolute atomic E-state index is 11.3. The van der Waals surface area contributed by atoms with E-state index in [1.165, 1.54) is 0 Å². The van der Waals surface area contributed by atoms with E-state index in [0.29, 0.717) is 12.2 Å². The fourth-order valence-electron chi connectivity index (χ4n) is 2.56. The predicted octanol–water partition coefficient (Wildman–Crippen LogP) is 4.15. The molecular formula is C20H23N3O2S. The minimum Gasteiger partial charge on any atom is -0.494 e. The molecule has 1 aromatic carbocycles. The molecule has 6 heteroatoms. The first-order chi connectivity index (χ1) is 12.6. The molecule has 1 aromatic rings. The minimum absolute atomic E-state index is 0.562. The van der Waals surface area contributed by atoms with Crippen LogP contribution in [0.3, 0.4) is 0 Å². The molecule has 0 aliphatic heterocycles. The molecule has 0 fully saturated rings. The SMILES string of the molecule is CCOC1=CC=C(/C=C(\C#N)c2ccc(NS(C)=O)cc2NC)CC=C1. The number of allylic oxidation sites excluding steroid dienone is 7. The van der Waals surface area contributed by atoms with Gasteiger partial charge in [0, 0.05) is 30.2 Å². The van der Waals surface area contributed by atoms with Crippen molar-refractivity contribution in [3.05, 3.63) is 65.5 Å². The zero-order chi connectivity index (χ0) is 18.9. The van der Waals surface area contributed by atoms with Gasteiger partial charge >= 0.3 is 0 Å². The molecule has 0 spiro atoms. The van der Waals surface area contributed by atoms with E-state index in [1.54, 1.807) is 13.3 Å². The first-order valence-electron chi connectivity index (χ1n) is 8.31. The van der Waals surface area contributed by atoms with Crippen LogP contribution in [0.1, 0.15) is 18.9 Å². The largest absolute Gasteiger partial charge is 0.494 e. The normalized spacial score (nSPS) is 15.2. The Morgan fingerprint density at radius 1 is 1.42 bits per heavy atom. The van der Waals surface area contributed by atoms with Gasteiger partial charge in [0.1, 0.15) is 16.7 Å². The van der Waals surface area contributed by atoms with E-state index >= 15 is 0 Å². The molecule has 136 valence electrons. The summed E-state index contributed by atoms with van der Waals surface area (Å²) in [6.45, 7) is 2.57. The van der Waals surface area contributed by atoms with E-state index in [-0.39, 0.29) is 0 Å². The van der Waals surface area contributed by atoms with Crippen molar-refractivity contribution in [3.63, 3.8) is 0 Å². The van der Waals surface area contributed by atoms with Gasteiger partial charge in [-0.15, -0.1) is 0 Å². The molecule has 1 unspecified atom stereocenters. The van der Waals surface area contributed by atoms with E-state index in [0.717, 1.165) is 34.7 Å². The number of nitrogens with one attached hydrogen (secondary N) is 2. The van der Waals surface area contributed by atoms with Crippen molar-refractivity contribution in [1.29, 1.82) is 5.26 Å². The lowest BCUT2D eigenvalue weighted by molar-refractivity contribution is 0.242. The van der Waals surface area contributed by atoms with Gasteiger partial charge in [-0.2, -0.15) is 5.26 Å². The Morgan fingerprint density at radius 3 is 2.88 bits per heavy atom. The van der Waals surface area contributed by atoms with E-state index in [2.05, 4.69) is 16.1 Å². The summed E-state index contributed by atoms with van der Waals surface area (Å²) < 4.78 is 19.7. The zero-order valence-electron chi connectivity index (χ0n) is 15.2. The number of benzene rings is 1. The second-order valence-electron chi connectivity index (χ2n) is 5.59. The molecule has 2 N–H and O–H groups in total. The van der Waals surface area contributed by atoms with Crippen LogP contribution in [0.2, 0.25) is 0 Å². The van der Waals surface area contributed by atoms with Gasteiger partial charge in [-0.3, -0.25) is 0 Å². The van der Waals surface area contributed by atoms with Crippen LogP contribution in [0.25, 0.3) is 5.57 Å². The average molecular weight is 369 g/mol. The maximum Gasteiger partial charge on any atom is 0.118 e. The molecule has 1 aliphatic rings. The monoisotopic (exact) mass is 369 g/mol. The lowest BCUT2D eigenvalue weighted by atomic mass is 10.0. The van der Waals surface area contributed by atoms with Gasteiger partial charge in [-0.1, -0.05) is 12.2 Å². The van der Waals surface area contributed by atoms with Crippen LogP contribution >= 0.6 is 0 Å². The van der Waals surface area contributed by atoms with E-state index in [4.69, 9.17) is 4.74 Å². The third kappa shape index (κ3) is 5.36. The van der Waals surface area contributed by atoms with Gasteiger partial charge in [-0.25, -0.2) is 4.21 Å². The highest BCUT2D eigenvalue weighted by molar-refractivity contribution is 7.85. The quantitative estimate of drug-likeness (QED) is 0.708. The Hall–Kier alpha value is -2.78. The molecule has 1 aliphatic carbocycles. The second kappa shape index (κ2) is 9.64. The Kier molecular flexibility index (Phi) is 7.24. The van der Waals surface area contributed by atoms with Crippen LogP contribution in [-0.4, -0.2) is 24.1 Å². The Bertz CT molecular complexity index is 845. The summed E-state index contributed by atoms with van der Waals surface area (Å²) in [6, 6.07) is 7.79. The Morgan fingerprint density at radius 2 is 2.23 bits per heavy atom. The highest BCUT2D eigenvalue weighted by Gasteiger charge is 2.10. The van der Waals surface area contributed by atoms with Crippen LogP contribution in [0.5, 0.6) is 0 Å². The van der Waals surface area contributed by atoms with Crippen molar-refractivity contribution < 1.29 is 8.95 Å². The zero-order valence-corrected chi connectivity index (χ0v) is 16.0. The molecular weight excluding hydrogens is 346 g/mol. The lowest BCUT2D eigenvalue weighted by Crippen LogP contribution is -2.03. The molecule has 0 radical (unpaired) electrons. The number of anilines is 2. The summed E-state index contributed by atoms with van der Waals surface area (Å²) in [5.74, 6) is 0.813. The van der Waals surface area contributed by atoms with Crippen LogP contribution in [-0.2, 0) is 15.7 Å². The van der Waals surface area contributed by atoms with Crippen LogP contribution < -0.4 is 10.0 Å². The molecule has 0 bridgehead atoms. The smallest absolute Gasteiger partial charge is 0.118 e. The third-order valence-corrected chi connectivity index (χ3v) is 4.22. The van der Waals surface area contributed by atoms with Crippen LogP contribution in [0.15, 0.2) is 59.9 Å². The fourth-order valence-corrected chi connectivity index (χ4v) is 3.02. The number of nitriles is 1. The number of hydrogen-bond acceptors (Lipinski definition) is 4. The highest BCUT2D eigenvalue weighted by Crippen LogP contribution is 2.28. The Balaban J connectivity index is 2.36. The van der Waals surface area contributed by atoms with Gasteiger partial charge in [0.05, 0.1) is 18.2 Å². The average Bonchev–Trinajstić information content (AvgIpc) is 2.85. The Labute approximate surface area is 157 Å². The van der Waals surface area contributed by atoms with Gasteiger partial charge in [0.25, 0.3) is 0 Å². The predicted molar refractivity (Wildman–Crippen MR) is 109 cm³/mol. The van der Waals surface area contributed by atoms with Crippen LogP contribution in [0.4, 0.5) is 11.4 Å². The van der Waals surface area contributed by atoms with Crippen molar-refractivity contribution >= 4 is 27.9 Å². The highest BCUT2D eigenvalue weighted by atomic mass is 32.2. The number of ether oxygens (including phenoxy) is 1. The molecule has 0 saturated carbocycles. The van der Waals surface area contributed by atoms with Crippen molar-refractivity contribution in [2.24, 2.45) is 0 Å². The number of rotatable bonds is 7. The molecule has 5 nitrogen and oxygen atoms in total. The summed E-state index contributed by atoms with van der Waals surface area (Å²) in [6.07, 6.45) is 12.0. The molecule has 0 heterocycles. The molecule has 0 amide bonds. The summed E-state index contributed by atoms with van der Waals surface area (Å²) in [5, 5.41) is 12.8. The first kappa shape index (κ1) is 19.5. The van der Waals surface area contributed by atoms with Gasteiger partial charge in [0.2, 0.25) is 0 Å². The standard InChI is InChI=1S/C20H23N3O2S/c1-4-25-18-7-5-6-15(8-10-18)12-16(14-21)19-11-9-17(23-26(3)24)13-20(19)22-2/h5,7-13,22-23H,4,6H2,1-3H3/b16-12+. The molecule has 0 aromatic heterocycles. The molecule has 0 saturated heterocycles. The topological polar surface area (TPSA) is 74.1 Å². The van der Waals surface area contributed by atoms with Crippen molar-refractivity contribution in [2.75, 3.05) is 29.9 Å². The lowest BCUT2D eigenvalue weighted by Gasteiger charge is -2.11. The van der Waals surface area contributed by atoms with E-state index < -0.39 is 11.0 Å². The number of hydrogen-bond donors (Lipinski definition) is 2. The van der Waals surface area contributed by atoms with Gasteiger partial charge in [0.15, 0.2) is 0 Å². The molecule has 1 atom stereocenters. The summed E-state index contributed by atoms with van der Waals surface area (Å²) in [5.41, 5.74) is 3.91. The first-order valence-corrected chi connectivity index (χ1v) is 9.87. The summed E-state index contributed by atoms with van der Waals surface area (Å²) in [4.78, 5) is 0. The third-order valence-electron chi connectivity index (χ3n) is 3.70. The minimum atomic E-state index is -1.15. The number of nitrogens with zero attached hydrogens (tertiary/aromatic N) is 1. The van der Waals surface area contributed by atoms with Gasteiger partial charge < -0.3 is 14.8 Å². The summed E-state index contributed by atoms with van der Waals surface area (Å²) in [7, 11) is 0.646. The molecule has 2 rings (SSSR count). The van der Waals surface area contributed by atoms with Crippen molar-refractivity contribution in [1.82, 2.24) is 0 Å². The van der Waals surface area contributed by atoms with E-state index in [1.807, 2.05) is 55.5 Å². The second-order valence-corrected chi connectivity index (χ2v) is 6.70. The fraction of sp³-hybridized carbons (Fsp3) is 0.250. The van der Waals surface area contributed by atoms with Crippen molar-refractivity contribution in [3.8, 4) is 6.07 Å².